The van der Waals surface area contributed by atoms with E-state index in [0.717, 1.165) is 25.0 Å². The Balaban J connectivity index is 1.94. The Hall–Kier alpha value is -3.02. The maximum absolute atomic E-state index is 11.9. The van der Waals surface area contributed by atoms with Gasteiger partial charge >= 0.3 is 23.9 Å². The van der Waals surface area contributed by atoms with Crippen molar-refractivity contribution in [1.82, 2.24) is 15.0 Å². The summed E-state index contributed by atoms with van der Waals surface area (Å²) in [6.07, 6.45) is 1.33. The maximum atomic E-state index is 11.9. The summed E-state index contributed by atoms with van der Waals surface area (Å²) in [4.78, 5) is 47.1. The van der Waals surface area contributed by atoms with E-state index >= 15 is 0 Å². The maximum Gasteiger partial charge on any atom is 0.303 e. The molecule has 0 N–H and O–H groups in total. The van der Waals surface area contributed by atoms with Crippen LogP contribution in [0, 0.1) is 5.92 Å². The number of hydrogen-bond donors (Lipinski definition) is 0. The van der Waals surface area contributed by atoms with Crippen molar-refractivity contribution < 1.29 is 42.9 Å². The highest BCUT2D eigenvalue weighted by molar-refractivity contribution is 5.68. The van der Waals surface area contributed by atoms with E-state index < -0.39 is 54.5 Å². The fourth-order valence-corrected chi connectivity index (χ4v) is 4.46. The van der Waals surface area contributed by atoms with E-state index in [1.807, 2.05) is 0 Å². The molecular formula is C22H31N3O9. The van der Waals surface area contributed by atoms with E-state index in [1.54, 1.807) is 6.20 Å². The molecule has 34 heavy (non-hydrogen) atoms. The van der Waals surface area contributed by atoms with Gasteiger partial charge in [0.2, 0.25) is 0 Å². The van der Waals surface area contributed by atoms with Gasteiger partial charge in [0.15, 0.2) is 24.5 Å². The molecule has 1 saturated heterocycles. The Morgan fingerprint density at radius 2 is 1.50 bits per heavy atom. The van der Waals surface area contributed by atoms with Crippen molar-refractivity contribution in [3.05, 3.63) is 11.9 Å². The van der Waals surface area contributed by atoms with Gasteiger partial charge in [0.05, 0.1) is 11.9 Å². The lowest BCUT2D eigenvalue weighted by molar-refractivity contribution is -0.270. The first-order valence-corrected chi connectivity index (χ1v) is 11.3. The molecular weight excluding hydrogens is 450 g/mol. The molecule has 1 aromatic rings. The number of esters is 4. The van der Waals surface area contributed by atoms with Gasteiger partial charge in [-0.1, -0.05) is 30.9 Å². The van der Waals surface area contributed by atoms with Gasteiger partial charge in [0, 0.05) is 27.7 Å². The second kappa shape index (κ2) is 11.4. The number of aromatic nitrogens is 3. The Kier molecular flexibility index (Phi) is 8.59. The van der Waals surface area contributed by atoms with Gasteiger partial charge in [-0.15, -0.1) is 5.10 Å². The lowest BCUT2D eigenvalue weighted by atomic mass is 9.97. The molecule has 2 fully saturated rings. The van der Waals surface area contributed by atoms with Crippen molar-refractivity contribution in [3.8, 4) is 0 Å². The molecule has 1 saturated carbocycles. The summed E-state index contributed by atoms with van der Waals surface area (Å²) in [7, 11) is 0. The van der Waals surface area contributed by atoms with Crippen LogP contribution in [0.4, 0.5) is 0 Å². The van der Waals surface area contributed by atoms with Crippen LogP contribution in [-0.2, 0) is 49.3 Å². The van der Waals surface area contributed by atoms with E-state index in [0.29, 0.717) is 5.92 Å². The van der Waals surface area contributed by atoms with Crippen molar-refractivity contribution in [2.45, 2.75) is 90.4 Å². The predicted molar refractivity (Wildman–Crippen MR) is 113 cm³/mol. The zero-order valence-corrected chi connectivity index (χ0v) is 19.8. The average molecular weight is 482 g/mol. The monoisotopic (exact) mass is 481 g/mol. The molecule has 12 heteroatoms. The third-order valence-corrected chi connectivity index (χ3v) is 5.76. The van der Waals surface area contributed by atoms with Crippen LogP contribution in [-0.4, -0.2) is 69.9 Å². The summed E-state index contributed by atoms with van der Waals surface area (Å²) in [6.45, 7) is 4.47. The summed E-state index contributed by atoms with van der Waals surface area (Å²) in [5.41, 5.74) is 0.750. The van der Waals surface area contributed by atoms with Gasteiger partial charge in [-0.05, 0) is 12.3 Å². The fourth-order valence-electron chi connectivity index (χ4n) is 4.46. The largest absolute Gasteiger partial charge is 0.463 e. The number of ether oxygens (including phenoxy) is 5. The van der Waals surface area contributed by atoms with Crippen LogP contribution in [0.15, 0.2) is 6.20 Å². The predicted octanol–water partition coefficient (Wildman–Crippen LogP) is 1.27. The van der Waals surface area contributed by atoms with Crippen LogP contribution in [0.1, 0.15) is 65.3 Å². The highest BCUT2D eigenvalue weighted by Gasteiger charge is 2.53. The normalized spacial score (nSPS) is 27.1. The number of carbonyl (C=O) groups is 4. The molecule has 0 unspecified atom stereocenters. The van der Waals surface area contributed by atoms with Crippen molar-refractivity contribution >= 4 is 23.9 Å². The highest BCUT2D eigenvalue weighted by atomic mass is 16.7. The van der Waals surface area contributed by atoms with Crippen LogP contribution in [0.25, 0.3) is 0 Å². The zero-order valence-electron chi connectivity index (χ0n) is 19.8. The summed E-state index contributed by atoms with van der Waals surface area (Å²) >= 11 is 0. The lowest BCUT2D eigenvalue weighted by Crippen LogP contribution is -2.60. The molecule has 1 aliphatic carbocycles. The van der Waals surface area contributed by atoms with E-state index in [1.165, 1.54) is 45.2 Å². The van der Waals surface area contributed by atoms with Crippen molar-refractivity contribution in [2.75, 3.05) is 6.61 Å². The molecule has 0 amide bonds. The van der Waals surface area contributed by atoms with Gasteiger partial charge < -0.3 is 23.7 Å². The molecule has 0 radical (unpaired) electrons. The SMILES string of the molecule is CC(=O)OC[C@H]1O[C@@H](n2cc(CC3CCCC3)nn2)[C@H](OC(C)=O)[C@@H](OC(C)=O)[C@@H]1OC(C)=O. The smallest absolute Gasteiger partial charge is 0.303 e. The van der Waals surface area contributed by atoms with Crippen LogP contribution in [0.2, 0.25) is 0 Å². The highest BCUT2D eigenvalue weighted by Crippen LogP contribution is 2.35. The number of rotatable bonds is 8. The van der Waals surface area contributed by atoms with Gasteiger partial charge in [-0.2, -0.15) is 0 Å². The first-order chi connectivity index (χ1) is 16.1. The van der Waals surface area contributed by atoms with Gasteiger partial charge in [0.1, 0.15) is 12.7 Å². The zero-order chi connectivity index (χ0) is 24.8. The van der Waals surface area contributed by atoms with Crippen molar-refractivity contribution in [3.63, 3.8) is 0 Å². The Morgan fingerprint density at radius 3 is 2.09 bits per heavy atom. The van der Waals surface area contributed by atoms with E-state index in [9.17, 15) is 19.2 Å². The number of hydrogen-bond acceptors (Lipinski definition) is 11. The summed E-state index contributed by atoms with van der Waals surface area (Å²) in [5, 5.41) is 8.40. The molecule has 12 nitrogen and oxygen atoms in total. The van der Waals surface area contributed by atoms with E-state index in [2.05, 4.69) is 10.3 Å². The molecule has 3 rings (SSSR count). The van der Waals surface area contributed by atoms with Crippen molar-refractivity contribution in [1.29, 1.82) is 0 Å². The minimum atomic E-state index is -1.24. The summed E-state index contributed by atoms with van der Waals surface area (Å²) in [6, 6.07) is 0. The first-order valence-electron chi connectivity index (χ1n) is 11.3. The minimum absolute atomic E-state index is 0.294. The summed E-state index contributed by atoms with van der Waals surface area (Å²) < 4.78 is 28.9. The van der Waals surface area contributed by atoms with E-state index in [-0.39, 0.29) is 6.61 Å². The Labute approximate surface area is 197 Å². The lowest BCUT2D eigenvalue weighted by Gasteiger charge is -2.44. The standard InChI is InChI=1S/C22H31N3O9/c1-12(26)30-11-18-19(31-13(2)27)20(32-14(3)28)21(33-15(4)29)22(34-18)25-10-17(23-24-25)9-16-7-5-6-8-16/h10,16,18-22H,5-9,11H2,1-4H3/t18-,19-,20+,21-,22-/m1/s1. The molecule has 188 valence electrons. The molecule has 0 aromatic carbocycles. The second-order valence-electron chi connectivity index (χ2n) is 8.63. The van der Waals surface area contributed by atoms with Crippen LogP contribution < -0.4 is 0 Å². The number of nitrogens with zero attached hydrogens (tertiary/aromatic N) is 3. The molecule has 1 aliphatic heterocycles. The molecule has 0 bridgehead atoms. The molecule has 0 spiro atoms. The molecule has 2 heterocycles. The van der Waals surface area contributed by atoms with E-state index in [4.69, 9.17) is 23.7 Å². The van der Waals surface area contributed by atoms with Crippen LogP contribution in [0.3, 0.4) is 0 Å². The minimum Gasteiger partial charge on any atom is -0.463 e. The second-order valence-corrected chi connectivity index (χ2v) is 8.63. The third kappa shape index (κ3) is 6.75. The molecule has 1 aromatic heterocycles. The van der Waals surface area contributed by atoms with Gasteiger partial charge in [-0.25, -0.2) is 4.68 Å². The quantitative estimate of drug-likeness (QED) is 0.391. The first kappa shape index (κ1) is 25.6. The van der Waals surface area contributed by atoms with Gasteiger partial charge in [0.25, 0.3) is 0 Å². The van der Waals surface area contributed by atoms with Crippen molar-refractivity contribution in [2.24, 2.45) is 5.92 Å². The Bertz CT molecular complexity index is 896. The van der Waals surface area contributed by atoms with Gasteiger partial charge in [-0.3, -0.25) is 19.2 Å². The topological polar surface area (TPSA) is 145 Å². The van der Waals surface area contributed by atoms with Crippen LogP contribution >= 0.6 is 0 Å². The molecule has 5 atom stereocenters. The fraction of sp³-hybridized carbons (Fsp3) is 0.727. The third-order valence-electron chi connectivity index (χ3n) is 5.76. The summed E-state index contributed by atoms with van der Waals surface area (Å²) in [5.74, 6) is -2.08. The molecule has 2 aliphatic rings. The van der Waals surface area contributed by atoms with Crippen LogP contribution in [0.5, 0.6) is 0 Å². The number of carbonyl (C=O) groups excluding carboxylic acids is 4. The Morgan fingerprint density at radius 1 is 0.912 bits per heavy atom. The average Bonchev–Trinajstić information content (AvgIpc) is 3.41.